The Labute approximate surface area is 49.7 Å². The maximum Gasteiger partial charge on any atom is 0.125 e. The van der Waals surface area contributed by atoms with Gasteiger partial charge in [0.1, 0.15) is 6.26 Å². The lowest BCUT2D eigenvalue weighted by Crippen LogP contribution is -1.68. The van der Waals surface area contributed by atoms with Gasteiger partial charge in [-0.05, 0) is 18.9 Å². The second kappa shape index (κ2) is 6.50. The van der Waals surface area contributed by atoms with E-state index in [-0.39, 0.29) is 0 Å². The molecule has 0 atom stereocenters. The Morgan fingerprint density at radius 3 is 2.88 bits per heavy atom. The first kappa shape index (κ1) is 7.50. The summed E-state index contributed by atoms with van der Waals surface area (Å²) in [4.78, 5) is 3.71. The van der Waals surface area contributed by atoms with E-state index in [9.17, 15) is 0 Å². The van der Waals surface area contributed by atoms with E-state index in [1.54, 1.807) is 6.08 Å². The smallest absolute Gasteiger partial charge is 0.125 e. The monoisotopic (exact) mass is 116 g/mol. The van der Waals surface area contributed by atoms with Crippen LogP contribution in [0.1, 0.15) is 26.2 Å². The highest BCUT2D eigenvalue weighted by Crippen LogP contribution is 1.93. The van der Waals surface area contributed by atoms with Gasteiger partial charge in [0.05, 0.1) is 0 Å². The molecule has 0 bridgehead atoms. The highest BCUT2D eigenvalue weighted by Gasteiger charge is 1.75. The van der Waals surface area contributed by atoms with Crippen LogP contribution in [-0.4, -0.2) is 5.26 Å². The van der Waals surface area contributed by atoms with Crippen molar-refractivity contribution in [3.63, 3.8) is 0 Å². The number of allylic oxidation sites excluding steroid dienone is 1. The summed E-state index contributed by atoms with van der Waals surface area (Å²) in [5, 5.41) is 7.78. The standard InChI is InChI=1S/C6H12O2/c1-2-3-4-5-6-8-7/h5-7H,2-4H2,1H3/b6-5+. The van der Waals surface area contributed by atoms with Gasteiger partial charge in [-0.25, -0.2) is 5.26 Å². The van der Waals surface area contributed by atoms with Gasteiger partial charge in [0.15, 0.2) is 0 Å². The minimum Gasteiger partial charge on any atom is -0.349 e. The van der Waals surface area contributed by atoms with Crippen LogP contribution < -0.4 is 0 Å². The van der Waals surface area contributed by atoms with Gasteiger partial charge in [-0.1, -0.05) is 13.3 Å². The van der Waals surface area contributed by atoms with Crippen molar-refractivity contribution in [3.8, 4) is 0 Å². The Kier molecular flexibility index (Phi) is 6.09. The van der Waals surface area contributed by atoms with Crippen molar-refractivity contribution < 1.29 is 10.1 Å². The lowest BCUT2D eigenvalue weighted by molar-refractivity contribution is -0.186. The van der Waals surface area contributed by atoms with E-state index >= 15 is 0 Å². The summed E-state index contributed by atoms with van der Waals surface area (Å²) in [5.41, 5.74) is 0. The van der Waals surface area contributed by atoms with Crippen molar-refractivity contribution in [2.75, 3.05) is 0 Å². The molecule has 0 aromatic heterocycles. The highest BCUT2D eigenvalue weighted by atomic mass is 17.1. The third kappa shape index (κ3) is 5.50. The van der Waals surface area contributed by atoms with Crippen LogP contribution in [0, 0.1) is 0 Å². The summed E-state index contributed by atoms with van der Waals surface area (Å²) < 4.78 is 0. The topological polar surface area (TPSA) is 29.5 Å². The first-order valence-electron chi connectivity index (χ1n) is 2.87. The molecular weight excluding hydrogens is 104 g/mol. The van der Waals surface area contributed by atoms with Gasteiger partial charge in [0.25, 0.3) is 0 Å². The number of hydrogen-bond acceptors (Lipinski definition) is 2. The number of unbranched alkanes of at least 4 members (excludes halogenated alkanes) is 2. The second-order valence-corrected chi connectivity index (χ2v) is 1.62. The lowest BCUT2D eigenvalue weighted by Gasteiger charge is -1.85. The van der Waals surface area contributed by atoms with Gasteiger partial charge >= 0.3 is 0 Å². The van der Waals surface area contributed by atoms with Crippen molar-refractivity contribution in [1.29, 1.82) is 0 Å². The van der Waals surface area contributed by atoms with Gasteiger partial charge < -0.3 is 4.89 Å². The summed E-state index contributed by atoms with van der Waals surface area (Å²) in [5.74, 6) is 0. The van der Waals surface area contributed by atoms with Gasteiger partial charge in [0, 0.05) is 0 Å². The summed E-state index contributed by atoms with van der Waals surface area (Å²) in [6.45, 7) is 2.12. The SMILES string of the molecule is CCCC/C=C/OO. The molecule has 0 aromatic carbocycles. The van der Waals surface area contributed by atoms with E-state index in [2.05, 4.69) is 11.8 Å². The molecule has 0 unspecified atom stereocenters. The van der Waals surface area contributed by atoms with Crippen molar-refractivity contribution in [2.24, 2.45) is 0 Å². The van der Waals surface area contributed by atoms with Crippen molar-refractivity contribution in [1.82, 2.24) is 0 Å². The molecular formula is C6H12O2. The Bertz CT molecular complexity index is 59.5. The molecule has 0 aliphatic rings. The molecule has 2 heteroatoms. The predicted octanol–water partition coefficient (Wildman–Crippen LogP) is 2.18. The zero-order valence-corrected chi connectivity index (χ0v) is 5.13. The van der Waals surface area contributed by atoms with Crippen molar-refractivity contribution in [3.05, 3.63) is 12.3 Å². The van der Waals surface area contributed by atoms with E-state index in [1.165, 1.54) is 12.7 Å². The molecule has 0 saturated heterocycles. The van der Waals surface area contributed by atoms with Crippen LogP contribution in [0.2, 0.25) is 0 Å². The van der Waals surface area contributed by atoms with Crippen LogP contribution in [0.3, 0.4) is 0 Å². The molecule has 8 heavy (non-hydrogen) atoms. The van der Waals surface area contributed by atoms with Crippen LogP contribution in [0.4, 0.5) is 0 Å². The number of hydrogen-bond donors (Lipinski definition) is 1. The molecule has 0 aromatic rings. The lowest BCUT2D eigenvalue weighted by atomic mass is 10.2. The highest BCUT2D eigenvalue weighted by molar-refractivity contribution is 4.71. The molecule has 48 valence electrons. The third-order valence-electron chi connectivity index (χ3n) is 0.881. The Morgan fingerprint density at radius 1 is 1.62 bits per heavy atom. The van der Waals surface area contributed by atoms with Gasteiger partial charge in [-0.2, -0.15) is 0 Å². The fraction of sp³-hybridized carbons (Fsp3) is 0.667. The third-order valence-corrected chi connectivity index (χ3v) is 0.881. The van der Waals surface area contributed by atoms with Crippen LogP contribution in [0.5, 0.6) is 0 Å². The quantitative estimate of drug-likeness (QED) is 0.264. The summed E-state index contributed by atoms with van der Waals surface area (Å²) in [6.07, 6.45) is 6.39. The first-order valence-corrected chi connectivity index (χ1v) is 2.87. The Morgan fingerprint density at radius 2 is 2.38 bits per heavy atom. The fourth-order valence-electron chi connectivity index (χ4n) is 0.433. The largest absolute Gasteiger partial charge is 0.349 e. The maximum atomic E-state index is 7.78. The van der Waals surface area contributed by atoms with Gasteiger partial charge in [-0.3, -0.25) is 0 Å². The molecule has 1 N–H and O–H groups in total. The Hall–Kier alpha value is -0.500. The summed E-state index contributed by atoms with van der Waals surface area (Å²) >= 11 is 0. The molecule has 0 aliphatic carbocycles. The second-order valence-electron chi connectivity index (χ2n) is 1.62. The molecule has 0 aliphatic heterocycles. The average molecular weight is 116 g/mol. The number of rotatable bonds is 4. The molecule has 0 amide bonds. The molecule has 0 saturated carbocycles. The summed E-state index contributed by atoms with van der Waals surface area (Å²) in [7, 11) is 0. The van der Waals surface area contributed by atoms with Gasteiger partial charge in [-0.15, -0.1) is 0 Å². The van der Waals surface area contributed by atoms with E-state index < -0.39 is 0 Å². The summed E-state index contributed by atoms with van der Waals surface area (Å²) in [6, 6.07) is 0. The van der Waals surface area contributed by atoms with Crippen LogP contribution in [0.15, 0.2) is 12.3 Å². The Balaban J connectivity index is 2.80. The van der Waals surface area contributed by atoms with Gasteiger partial charge in [0.2, 0.25) is 0 Å². The molecule has 0 radical (unpaired) electrons. The van der Waals surface area contributed by atoms with E-state index in [0.29, 0.717) is 0 Å². The van der Waals surface area contributed by atoms with E-state index in [1.807, 2.05) is 0 Å². The van der Waals surface area contributed by atoms with E-state index in [0.717, 1.165) is 12.8 Å². The normalized spacial score (nSPS) is 10.2. The molecule has 0 rings (SSSR count). The molecule has 0 spiro atoms. The molecule has 0 fully saturated rings. The van der Waals surface area contributed by atoms with Crippen molar-refractivity contribution in [2.45, 2.75) is 26.2 Å². The fourth-order valence-corrected chi connectivity index (χ4v) is 0.433. The minimum atomic E-state index is 0.983. The van der Waals surface area contributed by atoms with Crippen LogP contribution in [0.25, 0.3) is 0 Å². The zero-order chi connectivity index (χ0) is 6.24. The van der Waals surface area contributed by atoms with Crippen molar-refractivity contribution >= 4 is 0 Å². The maximum absolute atomic E-state index is 7.78. The predicted molar refractivity (Wildman–Crippen MR) is 32.4 cm³/mol. The van der Waals surface area contributed by atoms with Crippen LogP contribution >= 0.6 is 0 Å². The average Bonchev–Trinajstić information content (AvgIpc) is 1.81. The zero-order valence-electron chi connectivity index (χ0n) is 5.13. The molecule has 0 heterocycles. The van der Waals surface area contributed by atoms with E-state index in [4.69, 9.17) is 5.26 Å². The minimum absolute atomic E-state index is 0.983. The van der Waals surface area contributed by atoms with Crippen LogP contribution in [-0.2, 0) is 4.89 Å². The first-order chi connectivity index (χ1) is 3.91. The molecule has 2 nitrogen and oxygen atoms in total.